The highest BCUT2D eigenvalue weighted by Gasteiger charge is 2.08. The van der Waals surface area contributed by atoms with Gasteiger partial charge in [0.25, 0.3) is 5.91 Å². The molecule has 0 saturated carbocycles. The Morgan fingerprint density at radius 3 is 2.69 bits per heavy atom. The summed E-state index contributed by atoms with van der Waals surface area (Å²) in [5, 5.41) is 2.72. The summed E-state index contributed by atoms with van der Waals surface area (Å²) in [7, 11) is 3.18. The maximum Gasteiger partial charge on any atom is 0.258 e. The van der Waals surface area contributed by atoms with E-state index < -0.39 is 0 Å². The Labute approximate surface area is 150 Å². The smallest absolute Gasteiger partial charge is 0.258 e. The number of carbonyl (C=O) groups excluding carboxylic acids is 1. The molecule has 0 saturated heterocycles. The Kier molecular flexibility index (Phi) is 5.07. The van der Waals surface area contributed by atoms with Crippen molar-refractivity contribution in [2.75, 3.05) is 12.4 Å². The van der Waals surface area contributed by atoms with Crippen molar-refractivity contribution >= 4 is 11.7 Å². The zero-order valence-corrected chi connectivity index (χ0v) is 14.5. The van der Waals surface area contributed by atoms with E-state index >= 15 is 0 Å². The normalized spacial score (nSPS) is 10.4. The molecule has 3 heterocycles. The number of hydrogen-bond acceptors (Lipinski definition) is 5. The van der Waals surface area contributed by atoms with E-state index in [1.54, 1.807) is 32.6 Å². The number of methoxy groups -OCH3 is 1. The lowest BCUT2D eigenvalue weighted by atomic mass is 10.1. The highest BCUT2D eigenvalue weighted by molar-refractivity contribution is 6.03. The van der Waals surface area contributed by atoms with Crippen molar-refractivity contribution in [3.05, 3.63) is 82.0 Å². The van der Waals surface area contributed by atoms with Crippen LogP contribution in [-0.4, -0.2) is 27.6 Å². The monoisotopic (exact) mass is 350 g/mol. The van der Waals surface area contributed by atoms with Crippen LogP contribution in [0, 0.1) is 0 Å². The van der Waals surface area contributed by atoms with E-state index in [1.165, 1.54) is 22.9 Å². The zero-order valence-electron chi connectivity index (χ0n) is 14.5. The molecular formula is C19H18N4O3. The van der Waals surface area contributed by atoms with Gasteiger partial charge in [0.2, 0.25) is 11.4 Å². The van der Waals surface area contributed by atoms with Crippen LogP contribution in [-0.2, 0) is 13.5 Å². The van der Waals surface area contributed by atoms with E-state index in [4.69, 9.17) is 4.74 Å². The quantitative estimate of drug-likeness (QED) is 0.761. The second kappa shape index (κ2) is 7.60. The largest absolute Gasteiger partial charge is 0.481 e. The summed E-state index contributed by atoms with van der Waals surface area (Å²) in [6.07, 6.45) is 5.58. The van der Waals surface area contributed by atoms with E-state index in [9.17, 15) is 9.59 Å². The van der Waals surface area contributed by atoms with E-state index in [2.05, 4.69) is 15.3 Å². The number of anilines is 1. The molecule has 3 rings (SSSR count). The first-order chi connectivity index (χ1) is 12.5. The summed E-state index contributed by atoms with van der Waals surface area (Å²) in [5.41, 5.74) is 2.28. The topological polar surface area (TPSA) is 86.1 Å². The third-order valence-corrected chi connectivity index (χ3v) is 3.83. The van der Waals surface area contributed by atoms with Gasteiger partial charge >= 0.3 is 0 Å². The number of rotatable bonds is 5. The molecule has 0 fully saturated rings. The van der Waals surface area contributed by atoms with Crippen LogP contribution in [0.3, 0.4) is 0 Å². The fraction of sp³-hybridized carbons (Fsp3) is 0.158. The van der Waals surface area contributed by atoms with Gasteiger partial charge in [-0.25, -0.2) is 9.97 Å². The van der Waals surface area contributed by atoms with Crippen molar-refractivity contribution in [3.63, 3.8) is 0 Å². The molecule has 7 heteroatoms. The Hall–Kier alpha value is -3.48. The molecule has 0 radical (unpaired) electrons. The summed E-state index contributed by atoms with van der Waals surface area (Å²) in [5.74, 6) is 0.691. The number of nitrogens with zero attached hydrogens (tertiary/aromatic N) is 3. The van der Waals surface area contributed by atoms with Gasteiger partial charge in [-0.3, -0.25) is 9.59 Å². The lowest BCUT2D eigenvalue weighted by Crippen LogP contribution is -2.19. The standard InChI is InChI=1S/C19H18N4O3/c1-23-12-15(4-6-18(23)24)19(25)22-16-5-3-14(11-21-16)9-13-7-8-20-17(10-13)26-2/h3-8,10-12H,9H2,1-2H3,(H,21,22,25). The van der Waals surface area contributed by atoms with Crippen molar-refractivity contribution in [2.45, 2.75) is 6.42 Å². The van der Waals surface area contributed by atoms with Crippen LogP contribution in [0.15, 0.2) is 59.8 Å². The van der Waals surface area contributed by atoms with Crippen LogP contribution in [0.25, 0.3) is 0 Å². The Bertz CT molecular complexity index is 981. The first-order valence-corrected chi connectivity index (χ1v) is 7.97. The van der Waals surface area contributed by atoms with Gasteiger partial charge in [0.1, 0.15) is 5.82 Å². The Morgan fingerprint density at radius 2 is 2.00 bits per heavy atom. The first kappa shape index (κ1) is 17.3. The van der Waals surface area contributed by atoms with Crippen LogP contribution in [0.2, 0.25) is 0 Å². The molecule has 0 spiro atoms. The summed E-state index contributed by atoms with van der Waals surface area (Å²) in [4.78, 5) is 32.0. The van der Waals surface area contributed by atoms with E-state index in [1.807, 2.05) is 18.2 Å². The fourth-order valence-electron chi connectivity index (χ4n) is 2.43. The van der Waals surface area contributed by atoms with Crippen LogP contribution in [0.1, 0.15) is 21.5 Å². The molecule has 3 aromatic rings. The van der Waals surface area contributed by atoms with Gasteiger partial charge in [-0.1, -0.05) is 6.07 Å². The molecule has 7 nitrogen and oxygen atoms in total. The predicted molar refractivity (Wildman–Crippen MR) is 97.5 cm³/mol. The molecule has 0 unspecified atom stereocenters. The van der Waals surface area contributed by atoms with E-state index in [0.717, 1.165) is 11.1 Å². The molecule has 0 aromatic carbocycles. The lowest BCUT2D eigenvalue weighted by Gasteiger charge is -2.07. The number of aromatic nitrogens is 3. The number of aryl methyl sites for hydroxylation is 1. The maximum absolute atomic E-state index is 12.2. The number of nitrogens with one attached hydrogen (secondary N) is 1. The molecule has 3 aromatic heterocycles. The molecule has 0 aliphatic carbocycles. The third kappa shape index (κ3) is 4.13. The Morgan fingerprint density at radius 1 is 1.15 bits per heavy atom. The summed E-state index contributed by atoms with van der Waals surface area (Å²) >= 11 is 0. The maximum atomic E-state index is 12.2. The molecule has 1 N–H and O–H groups in total. The number of ether oxygens (including phenoxy) is 1. The van der Waals surface area contributed by atoms with Crippen molar-refractivity contribution in [1.82, 2.24) is 14.5 Å². The third-order valence-electron chi connectivity index (χ3n) is 3.83. The van der Waals surface area contributed by atoms with Gasteiger partial charge < -0.3 is 14.6 Å². The minimum absolute atomic E-state index is 0.170. The molecule has 0 bridgehead atoms. The second-order valence-corrected chi connectivity index (χ2v) is 5.76. The highest BCUT2D eigenvalue weighted by atomic mass is 16.5. The molecule has 26 heavy (non-hydrogen) atoms. The number of amides is 1. The average Bonchev–Trinajstić information content (AvgIpc) is 2.65. The first-order valence-electron chi connectivity index (χ1n) is 7.97. The molecule has 132 valence electrons. The van der Waals surface area contributed by atoms with Gasteiger partial charge in [-0.2, -0.15) is 0 Å². The molecule has 1 amide bonds. The van der Waals surface area contributed by atoms with Crippen molar-refractivity contribution in [2.24, 2.45) is 7.05 Å². The summed E-state index contributed by atoms with van der Waals surface area (Å²) < 4.78 is 6.47. The van der Waals surface area contributed by atoms with Gasteiger partial charge in [0.05, 0.1) is 12.7 Å². The predicted octanol–water partition coefficient (Wildman–Crippen LogP) is 2.03. The van der Waals surface area contributed by atoms with Crippen LogP contribution < -0.4 is 15.6 Å². The second-order valence-electron chi connectivity index (χ2n) is 5.76. The number of hydrogen-bond donors (Lipinski definition) is 1. The van der Waals surface area contributed by atoms with Gasteiger partial charge in [0, 0.05) is 37.8 Å². The SMILES string of the molecule is COc1cc(Cc2ccc(NC(=O)c3ccc(=O)n(C)c3)nc2)ccn1. The zero-order chi connectivity index (χ0) is 18.5. The molecule has 0 aliphatic rings. The molecular weight excluding hydrogens is 332 g/mol. The Balaban J connectivity index is 1.68. The lowest BCUT2D eigenvalue weighted by molar-refractivity contribution is 0.102. The number of pyridine rings is 3. The fourth-order valence-corrected chi connectivity index (χ4v) is 2.43. The summed E-state index contributed by atoms with van der Waals surface area (Å²) in [6.45, 7) is 0. The van der Waals surface area contributed by atoms with E-state index in [0.29, 0.717) is 23.7 Å². The summed E-state index contributed by atoms with van der Waals surface area (Å²) in [6, 6.07) is 10.3. The van der Waals surface area contributed by atoms with Crippen LogP contribution in [0.5, 0.6) is 5.88 Å². The van der Waals surface area contributed by atoms with Crippen LogP contribution >= 0.6 is 0 Å². The van der Waals surface area contributed by atoms with Gasteiger partial charge in [0.15, 0.2) is 0 Å². The molecule has 0 atom stereocenters. The van der Waals surface area contributed by atoms with E-state index in [-0.39, 0.29) is 11.5 Å². The minimum Gasteiger partial charge on any atom is -0.481 e. The van der Waals surface area contributed by atoms with Crippen LogP contribution in [0.4, 0.5) is 5.82 Å². The van der Waals surface area contributed by atoms with Gasteiger partial charge in [-0.05, 0) is 35.7 Å². The van der Waals surface area contributed by atoms with Crippen molar-refractivity contribution < 1.29 is 9.53 Å². The number of carbonyl (C=O) groups is 1. The van der Waals surface area contributed by atoms with Crippen molar-refractivity contribution in [1.29, 1.82) is 0 Å². The minimum atomic E-state index is -0.320. The van der Waals surface area contributed by atoms with Gasteiger partial charge in [-0.15, -0.1) is 0 Å². The van der Waals surface area contributed by atoms with Crippen molar-refractivity contribution in [3.8, 4) is 5.88 Å². The average molecular weight is 350 g/mol. The highest BCUT2D eigenvalue weighted by Crippen LogP contribution is 2.14. The molecule has 0 aliphatic heterocycles.